The smallest absolute Gasteiger partial charge is 0.264 e. The van der Waals surface area contributed by atoms with Crippen molar-refractivity contribution in [2.45, 2.75) is 12.6 Å². The number of hydrogen-bond donors (Lipinski definition) is 0. The van der Waals surface area contributed by atoms with Crippen LogP contribution in [0.2, 0.25) is 0 Å². The first-order valence-electron chi connectivity index (χ1n) is 2.95. The molecule has 0 aliphatic rings. The molecular formula is C7H5F3N. The molecule has 0 aromatic carbocycles. The summed E-state index contributed by atoms with van der Waals surface area (Å²) in [5.74, 6) is 0. The number of alkyl halides is 3. The van der Waals surface area contributed by atoms with Crippen LogP contribution in [0.25, 0.3) is 0 Å². The van der Waals surface area contributed by atoms with Gasteiger partial charge >= 0.3 is 6.18 Å². The molecule has 0 amide bonds. The lowest BCUT2D eigenvalue weighted by Crippen LogP contribution is -2.11. The predicted molar refractivity (Wildman–Crippen MR) is 32.8 cm³/mol. The Kier molecular flexibility index (Phi) is 2.12. The Morgan fingerprint density at radius 1 is 1.45 bits per heavy atom. The van der Waals surface area contributed by atoms with Crippen LogP contribution in [0.3, 0.4) is 0 Å². The van der Waals surface area contributed by atoms with E-state index in [1.54, 1.807) is 0 Å². The predicted octanol–water partition coefficient (Wildman–Crippen LogP) is 1.99. The molecule has 0 aliphatic carbocycles. The molecule has 0 bridgehead atoms. The molecular weight excluding hydrogens is 155 g/mol. The van der Waals surface area contributed by atoms with Gasteiger partial charge in [-0.05, 0) is 11.6 Å². The summed E-state index contributed by atoms with van der Waals surface area (Å²) < 4.78 is 35.1. The van der Waals surface area contributed by atoms with E-state index in [1.165, 1.54) is 18.5 Å². The highest BCUT2D eigenvalue weighted by Gasteiger charge is 2.27. The van der Waals surface area contributed by atoms with Crippen LogP contribution in [-0.4, -0.2) is 11.2 Å². The van der Waals surface area contributed by atoms with E-state index in [0.717, 1.165) is 0 Å². The molecule has 0 aliphatic heterocycles. The summed E-state index contributed by atoms with van der Waals surface area (Å²) in [6, 6.07) is 3.69. The molecule has 1 rings (SSSR count). The highest BCUT2D eigenvalue weighted by Crippen LogP contribution is 2.19. The molecule has 0 atom stereocenters. The molecule has 11 heavy (non-hydrogen) atoms. The van der Waals surface area contributed by atoms with Crippen LogP contribution in [-0.2, 0) is 6.42 Å². The molecule has 0 N–H and O–H groups in total. The Hall–Kier alpha value is -1.06. The van der Waals surface area contributed by atoms with Gasteiger partial charge in [-0.15, -0.1) is 0 Å². The average Bonchev–Trinajstić information content (AvgIpc) is 1.85. The Morgan fingerprint density at radius 3 is 2.64 bits per heavy atom. The van der Waals surface area contributed by atoms with Crippen LogP contribution in [0.15, 0.2) is 18.5 Å². The third kappa shape index (κ3) is 3.02. The number of aromatic nitrogens is 1. The highest BCUT2D eigenvalue weighted by molar-refractivity contribution is 5.08. The third-order valence-electron chi connectivity index (χ3n) is 1.08. The van der Waals surface area contributed by atoms with Crippen LogP contribution in [0.5, 0.6) is 0 Å². The van der Waals surface area contributed by atoms with Crippen LogP contribution in [0.1, 0.15) is 5.56 Å². The maximum Gasteiger partial charge on any atom is 0.393 e. The fourth-order valence-corrected chi connectivity index (χ4v) is 0.670. The zero-order valence-corrected chi connectivity index (χ0v) is 5.52. The SMILES string of the molecule is FC(F)(F)Cc1[c]cncc1. The summed E-state index contributed by atoms with van der Waals surface area (Å²) in [7, 11) is 0. The van der Waals surface area contributed by atoms with Crippen molar-refractivity contribution in [1.29, 1.82) is 0 Å². The van der Waals surface area contributed by atoms with Gasteiger partial charge in [-0.1, -0.05) is 0 Å². The zero-order valence-electron chi connectivity index (χ0n) is 5.52. The first kappa shape index (κ1) is 8.04. The molecule has 1 heterocycles. The van der Waals surface area contributed by atoms with E-state index in [4.69, 9.17) is 0 Å². The lowest BCUT2D eigenvalue weighted by atomic mass is 10.2. The molecule has 0 saturated carbocycles. The molecule has 1 aromatic rings. The second kappa shape index (κ2) is 2.90. The molecule has 0 spiro atoms. The first-order chi connectivity index (χ1) is 5.08. The summed E-state index contributed by atoms with van der Waals surface area (Å²) in [5, 5.41) is 0. The molecule has 1 aromatic heterocycles. The Balaban J connectivity index is 2.66. The van der Waals surface area contributed by atoms with Crippen LogP contribution >= 0.6 is 0 Å². The number of rotatable bonds is 1. The minimum atomic E-state index is -4.15. The summed E-state index contributed by atoms with van der Waals surface area (Å²) in [5.41, 5.74) is 0.118. The van der Waals surface area contributed by atoms with Gasteiger partial charge in [0.05, 0.1) is 6.42 Å². The van der Waals surface area contributed by atoms with Gasteiger partial charge < -0.3 is 0 Å². The van der Waals surface area contributed by atoms with Crippen molar-refractivity contribution in [2.24, 2.45) is 0 Å². The van der Waals surface area contributed by atoms with Gasteiger partial charge in [0.1, 0.15) is 0 Å². The Labute approximate surface area is 61.9 Å². The number of halogens is 3. The first-order valence-corrected chi connectivity index (χ1v) is 2.95. The lowest BCUT2D eigenvalue weighted by molar-refractivity contribution is -0.127. The van der Waals surface area contributed by atoms with Gasteiger partial charge in [0.2, 0.25) is 0 Å². The Morgan fingerprint density at radius 2 is 2.18 bits per heavy atom. The van der Waals surface area contributed by atoms with Crippen molar-refractivity contribution in [1.82, 2.24) is 4.98 Å². The zero-order chi connectivity index (χ0) is 8.32. The fraction of sp³-hybridized carbons (Fsp3) is 0.286. The summed E-state index contributed by atoms with van der Waals surface area (Å²) in [4.78, 5) is 3.55. The molecule has 0 fully saturated rings. The van der Waals surface area contributed by atoms with Crippen molar-refractivity contribution >= 4 is 0 Å². The highest BCUT2D eigenvalue weighted by atomic mass is 19.4. The molecule has 1 nitrogen and oxygen atoms in total. The maximum absolute atomic E-state index is 11.7. The number of pyridine rings is 1. The van der Waals surface area contributed by atoms with Gasteiger partial charge in [0.15, 0.2) is 0 Å². The van der Waals surface area contributed by atoms with Gasteiger partial charge in [-0.2, -0.15) is 13.2 Å². The van der Waals surface area contributed by atoms with Crippen molar-refractivity contribution in [2.75, 3.05) is 0 Å². The van der Waals surface area contributed by atoms with Crippen LogP contribution < -0.4 is 0 Å². The summed E-state index contributed by atoms with van der Waals surface area (Å²) >= 11 is 0. The number of nitrogens with zero attached hydrogens (tertiary/aromatic N) is 1. The van der Waals surface area contributed by atoms with Crippen molar-refractivity contribution in [3.63, 3.8) is 0 Å². The van der Waals surface area contributed by atoms with Crippen LogP contribution in [0, 0.1) is 6.07 Å². The minimum absolute atomic E-state index is 0.118. The normalized spacial score (nSPS) is 11.5. The molecule has 4 heteroatoms. The van der Waals surface area contributed by atoms with E-state index in [0.29, 0.717) is 0 Å². The van der Waals surface area contributed by atoms with Gasteiger partial charge in [0.25, 0.3) is 0 Å². The second-order valence-corrected chi connectivity index (χ2v) is 2.06. The maximum atomic E-state index is 11.7. The van der Waals surface area contributed by atoms with E-state index >= 15 is 0 Å². The molecule has 1 radical (unpaired) electrons. The van der Waals surface area contributed by atoms with Crippen molar-refractivity contribution < 1.29 is 13.2 Å². The largest absolute Gasteiger partial charge is 0.393 e. The topological polar surface area (TPSA) is 12.9 Å². The number of hydrogen-bond acceptors (Lipinski definition) is 1. The summed E-state index contributed by atoms with van der Waals surface area (Å²) in [6.45, 7) is 0. The molecule has 0 saturated heterocycles. The van der Waals surface area contributed by atoms with E-state index in [9.17, 15) is 13.2 Å². The fourth-order valence-electron chi connectivity index (χ4n) is 0.670. The van der Waals surface area contributed by atoms with Gasteiger partial charge in [-0.25, -0.2) is 0 Å². The van der Waals surface area contributed by atoms with Crippen molar-refractivity contribution in [3.05, 3.63) is 30.1 Å². The molecule has 0 unspecified atom stereocenters. The lowest BCUT2D eigenvalue weighted by Gasteiger charge is -2.03. The molecule has 59 valence electrons. The van der Waals surface area contributed by atoms with Crippen LogP contribution in [0.4, 0.5) is 13.2 Å². The van der Waals surface area contributed by atoms with E-state index in [2.05, 4.69) is 11.1 Å². The third-order valence-corrected chi connectivity index (χ3v) is 1.08. The quantitative estimate of drug-likeness (QED) is 0.612. The van der Waals surface area contributed by atoms with E-state index in [-0.39, 0.29) is 5.56 Å². The van der Waals surface area contributed by atoms with Crippen molar-refractivity contribution in [3.8, 4) is 0 Å². The van der Waals surface area contributed by atoms with Gasteiger partial charge in [0, 0.05) is 18.5 Å². The average molecular weight is 160 g/mol. The summed E-state index contributed by atoms with van der Waals surface area (Å²) in [6.07, 6.45) is -2.55. The minimum Gasteiger partial charge on any atom is -0.264 e. The second-order valence-electron chi connectivity index (χ2n) is 2.06. The van der Waals surface area contributed by atoms with E-state index in [1.807, 2.05) is 0 Å². The monoisotopic (exact) mass is 160 g/mol. The van der Waals surface area contributed by atoms with Gasteiger partial charge in [-0.3, -0.25) is 4.98 Å². The standard InChI is InChI=1S/C7H5F3N/c8-7(9,10)5-6-1-3-11-4-2-6/h1,3-4H,5H2. The Bertz CT molecular complexity index is 217. The van der Waals surface area contributed by atoms with E-state index < -0.39 is 12.6 Å².